The van der Waals surface area contributed by atoms with Crippen LogP contribution in [0.25, 0.3) is 0 Å². The first kappa shape index (κ1) is 14.8. The fourth-order valence-corrected chi connectivity index (χ4v) is 3.92. The van der Waals surface area contributed by atoms with Crippen molar-refractivity contribution in [3.63, 3.8) is 0 Å². The molecular weight excluding hydrogens is 312 g/mol. The summed E-state index contributed by atoms with van der Waals surface area (Å²) in [6.45, 7) is 4.07. The second-order valence-corrected chi connectivity index (χ2v) is 7.36. The molecule has 0 spiro atoms. The van der Waals surface area contributed by atoms with Crippen LogP contribution in [0.3, 0.4) is 0 Å². The number of amides is 1. The third-order valence-corrected chi connectivity index (χ3v) is 5.53. The number of likely N-dealkylation sites (tertiary alicyclic amines) is 1. The van der Waals surface area contributed by atoms with E-state index in [0.717, 1.165) is 38.8 Å². The van der Waals surface area contributed by atoms with Crippen LogP contribution in [-0.4, -0.2) is 33.5 Å². The number of nitrogens with zero attached hydrogens (tertiary/aromatic N) is 3. The molecule has 23 heavy (non-hydrogen) atoms. The standard InChI is InChI=1S/C16H20N4O2S/c1-10-6-8-23-13(10)9-20-7-2-3-12(20)16-18-14(19-22-16)15(21)17-11-4-5-11/h6,8,11-12H,2-5,7,9H2,1H3,(H,17,21). The fourth-order valence-electron chi connectivity index (χ4n) is 2.99. The quantitative estimate of drug-likeness (QED) is 0.911. The molecule has 1 aliphatic carbocycles. The Morgan fingerprint density at radius 3 is 3.09 bits per heavy atom. The Morgan fingerprint density at radius 1 is 1.48 bits per heavy atom. The van der Waals surface area contributed by atoms with Gasteiger partial charge in [-0.15, -0.1) is 11.3 Å². The lowest BCUT2D eigenvalue weighted by molar-refractivity contribution is 0.0937. The van der Waals surface area contributed by atoms with Gasteiger partial charge in [-0.05, 0) is 56.2 Å². The fraction of sp³-hybridized carbons (Fsp3) is 0.562. The Morgan fingerprint density at radius 2 is 2.35 bits per heavy atom. The number of aromatic nitrogens is 2. The smallest absolute Gasteiger partial charge is 0.292 e. The monoisotopic (exact) mass is 332 g/mol. The molecule has 2 aliphatic rings. The van der Waals surface area contributed by atoms with Crippen molar-refractivity contribution in [3.05, 3.63) is 33.6 Å². The van der Waals surface area contributed by atoms with Gasteiger partial charge in [-0.25, -0.2) is 0 Å². The highest BCUT2D eigenvalue weighted by Crippen LogP contribution is 2.33. The van der Waals surface area contributed by atoms with Crippen LogP contribution >= 0.6 is 11.3 Å². The van der Waals surface area contributed by atoms with Gasteiger partial charge in [0.1, 0.15) is 0 Å². The summed E-state index contributed by atoms with van der Waals surface area (Å²) in [4.78, 5) is 20.1. The molecule has 1 unspecified atom stereocenters. The van der Waals surface area contributed by atoms with Gasteiger partial charge in [0.05, 0.1) is 6.04 Å². The zero-order chi connectivity index (χ0) is 15.8. The SMILES string of the molecule is Cc1ccsc1CN1CCCC1c1nc(C(=O)NC2CC2)no1. The maximum Gasteiger partial charge on any atom is 0.292 e. The van der Waals surface area contributed by atoms with Gasteiger partial charge in [0, 0.05) is 17.5 Å². The number of hydrogen-bond donors (Lipinski definition) is 1. The summed E-state index contributed by atoms with van der Waals surface area (Å²) < 4.78 is 5.39. The van der Waals surface area contributed by atoms with Crippen LogP contribution in [0.1, 0.15) is 58.7 Å². The highest BCUT2D eigenvalue weighted by Gasteiger charge is 2.32. The Kier molecular flexibility index (Phi) is 3.90. The summed E-state index contributed by atoms with van der Waals surface area (Å²) in [7, 11) is 0. The summed E-state index contributed by atoms with van der Waals surface area (Å²) in [5.74, 6) is 0.504. The lowest BCUT2D eigenvalue weighted by Crippen LogP contribution is -2.26. The molecule has 0 radical (unpaired) electrons. The van der Waals surface area contributed by atoms with Crippen molar-refractivity contribution in [2.75, 3.05) is 6.54 Å². The van der Waals surface area contributed by atoms with Crippen LogP contribution in [-0.2, 0) is 6.54 Å². The van der Waals surface area contributed by atoms with E-state index in [2.05, 4.69) is 38.7 Å². The minimum absolute atomic E-state index is 0.117. The molecule has 3 heterocycles. The molecule has 7 heteroatoms. The third-order valence-electron chi connectivity index (χ3n) is 4.52. The molecule has 2 fully saturated rings. The Hall–Kier alpha value is -1.73. The van der Waals surface area contributed by atoms with Crippen molar-refractivity contribution >= 4 is 17.2 Å². The van der Waals surface area contributed by atoms with E-state index in [1.54, 1.807) is 11.3 Å². The molecule has 0 bridgehead atoms. The first-order valence-electron chi connectivity index (χ1n) is 8.12. The zero-order valence-corrected chi connectivity index (χ0v) is 13.9. The Balaban J connectivity index is 1.46. The first-order valence-corrected chi connectivity index (χ1v) is 9.00. The van der Waals surface area contributed by atoms with E-state index in [1.807, 2.05) is 0 Å². The molecule has 0 aromatic carbocycles. The number of rotatable bonds is 5. The van der Waals surface area contributed by atoms with Gasteiger partial charge in [0.15, 0.2) is 0 Å². The summed E-state index contributed by atoms with van der Waals surface area (Å²) in [6.07, 6.45) is 4.21. The molecule has 1 aliphatic heterocycles. The molecule has 1 atom stereocenters. The lowest BCUT2D eigenvalue weighted by atomic mass is 10.2. The van der Waals surface area contributed by atoms with Crippen molar-refractivity contribution in [2.45, 2.75) is 51.2 Å². The number of aryl methyl sites for hydroxylation is 1. The molecule has 1 amide bonds. The molecule has 4 rings (SSSR count). The van der Waals surface area contributed by atoms with Gasteiger partial charge >= 0.3 is 0 Å². The van der Waals surface area contributed by atoms with E-state index in [1.165, 1.54) is 10.4 Å². The topological polar surface area (TPSA) is 71.3 Å². The van der Waals surface area contributed by atoms with Gasteiger partial charge in [0.2, 0.25) is 5.89 Å². The summed E-state index contributed by atoms with van der Waals surface area (Å²) in [6, 6.07) is 2.57. The summed E-state index contributed by atoms with van der Waals surface area (Å²) in [5, 5.41) is 8.89. The van der Waals surface area contributed by atoms with E-state index >= 15 is 0 Å². The van der Waals surface area contributed by atoms with Crippen LogP contribution in [0.4, 0.5) is 0 Å². The number of carbonyl (C=O) groups excluding carboxylic acids is 1. The molecule has 122 valence electrons. The predicted molar refractivity (Wildman–Crippen MR) is 86.2 cm³/mol. The van der Waals surface area contributed by atoms with E-state index in [4.69, 9.17) is 4.52 Å². The van der Waals surface area contributed by atoms with Crippen LogP contribution in [0, 0.1) is 6.92 Å². The van der Waals surface area contributed by atoms with Crippen LogP contribution in [0.15, 0.2) is 16.0 Å². The van der Waals surface area contributed by atoms with E-state index in [-0.39, 0.29) is 17.8 Å². The van der Waals surface area contributed by atoms with Gasteiger partial charge in [-0.2, -0.15) is 4.98 Å². The molecule has 2 aromatic rings. The third kappa shape index (κ3) is 3.16. The molecule has 2 aromatic heterocycles. The van der Waals surface area contributed by atoms with E-state index in [0.29, 0.717) is 11.9 Å². The van der Waals surface area contributed by atoms with Gasteiger partial charge in [-0.1, -0.05) is 5.16 Å². The van der Waals surface area contributed by atoms with Gasteiger partial charge in [-0.3, -0.25) is 9.69 Å². The first-order chi connectivity index (χ1) is 11.2. The second kappa shape index (κ2) is 6.05. The largest absolute Gasteiger partial charge is 0.346 e. The second-order valence-electron chi connectivity index (χ2n) is 6.36. The predicted octanol–water partition coefficient (Wildman–Crippen LogP) is 2.67. The average molecular weight is 332 g/mol. The maximum absolute atomic E-state index is 12.0. The average Bonchev–Trinajstić information content (AvgIpc) is 2.96. The number of hydrogen-bond acceptors (Lipinski definition) is 6. The van der Waals surface area contributed by atoms with Crippen LogP contribution in [0.2, 0.25) is 0 Å². The van der Waals surface area contributed by atoms with Crippen LogP contribution in [0.5, 0.6) is 0 Å². The number of carbonyl (C=O) groups is 1. The molecule has 1 N–H and O–H groups in total. The van der Waals surface area contributed by atoms with Crippen molar-refractivity contribution in [1.29, 1.82) is 0 Å². The minimum Gasteiger partial charge on any atom is -0.346 e. The van der Waals surface area contributed by atoms with Crippen molar-refractivity contribution in [2.24, 2.45) is 0 Å². The van der Waals surface area contributed by atoms with Crippen LogP contribution < -0.4 is 5.32 Å². The highest BCUT2D eigenvalue weighted by molar-refractivity contribution is 7.10. The zero-order valence-electron chi connectivity index (χ0n) is 13.1. The van der Waals surface area contributed by atoms with E-state index in [9.17, 15) is 4.79 Å². The number of thiophene rings is 1. The molecular formula is C16H20N4O2S. The van der Waals surface area contributed by atoms with Crippen molar-refractivity contribution < 1.29 is 9.32 Å². The van der Waals surface area contributed by atoms with Gasteiger partial charge in [0.25, 0.3) is 11.7 Å². The molecule has 1 saturated carbocycles. The Labute approximate surface area is 138 Å². The minimum atomic E-state index is -0.221. The maximum atomic E-state index is 12.0. The number of nitrogens with one attached hydrogen (secondary N) is 1. The van der Waals surface area contributed by atoms with Crippen molar-refractivity contribution in [1.82, 2.24) is 20.4 Å². The lowest BCUT2D eigenvalue weighted by Gasteiger charge is -2.21. The summed E-state index contributed by atoms with van der Waals surface area (Å²) in [5.41, 5.74) is 1.33. The van der Waals surface area contributed by atoms with E-state index < -0.39 is 0 Å². The Bertz CT molecular complexity index is 707. The van der Waals surface area contributed by atoms with Crippen molar-refractivity contribution in [3.8, 4) is 0 Å². The molecule has 1 saturated heterocycles. The normalized spacial score (nSPS) is 21.7. The van der Waals surface area contributed by atoms with Gasteiger partial charge < -0.3 is 9.84 Å². The highest BCUT2D eigenvalue weighted by atomic mass is 32.1. The summed E-state index contributed by atoms with van der Waals surface area (Å²) >= 11 is 1.79. The molecule has 6 nitrogen and oxygen atoms in total.